The zero-order valence-electron chi connectivity index (χ0n) is 5.92. The molecule has 1 rings (SSSR count). The molecule has 1 aromatic rings. The van der Waals surface area contributed by atoms with Crippen molar-refractivity contribution in [3.63, 3.8) is 0 Å². The second-order valence-electron chi connectivity index (χ2n) is 2.07. The van der Waals surface area contributed by atoms with Crippen LogP contribution in [0.1, 0.15) is 12.6 Å². The van der Waals surface area contributed by atoms with Crippen LogP contribution >= 0.6 is 0 Å². The average Bonchev–Trinajstić information content (AvgIpc) is 2.30. The molecular formula is C6H11N3O. The Labute approximate surface area is 58.6 Å². The minimum atomic E-state index is -0.0112. The maximum absolute atomic E-state index is 10.9. The van der Waals surface area contributed by atoms with Crippen LogP contribution in [0.5, 0.6) is 0 Å². The minimum absolute atomic E-state index is 0.0112. The van der Waals surface area contributed by atoms with E-state index < -0.39 is 0 Å². The third-order valence-electron chi connectivity index (χ3n) is 1.38. The van der Waals surface area contributed by atoms with Gasteiger partial charge in [-0.05, 0) is 6.92 Å². The van der Waals surface area contributed by atoms with E-state index in [1.54, 1.807) is 0 Å². The molecule has 0 aliphatic heterocycles. The van der Waals surface area contributed by atoms with Crippen LogP contribution in [0.2, 0.25) is 0 Å². The van der Waals surface area contributed by atoms with Crippen molar-refractivity contribution < 1.29 is 0 Å². The summed E-state index contributed by atoms with van der Waals surface area (Å²) in [5.74, 6) is 0. The highest BCUT2D eigenvalue weighted by molar-refractivity contribution is 4.98. The molecule has 0 unspecified atom stereocenters. The molecule has 0 aromatic carbocycles. The van der Waals surface area contributed by atoms with Crippen molar-refractivity contribution in [2.75, 3.05) is 0 Å². The summed E-state index contributed by atoms with van der Waals surface area (Å²) >= 11 is 0. The number of nitrogens with one attached hydrogen (secondary N) is 1. The normalized spacial score (nSPS) is 10.2. The van der Waals surface area contributed by atoms with E-state index in [1.165, 1.54) is 10.7 Å². The number of aromatic nitrogens is 2. The Morgan fingerprint density at radius 3 is 2.80 bits per heavy atom. The van der Waals surface area contributed by atoms with Gasteiger partial charge in [0.1, 0.15) is 0 Å². The molecule has 4 heteroatoms. The molecular weight excluding hydrogens is 130 g/mol. The maximum Gasteiger partial charge on any atom is 0.266 e. The number of hydrogen-bond acceptors (Lipinski definition) is 2. The molecule has 0 fully saturated rings. The van der Waals surface area contributed by atoms with Gasteiger partial charge in [0.25, 0.3) is 5.56 Å². The van der Waals surface area contributed by atoms with Gasteiger partial charge in [-0.15, -0.1) is 0 Å². The quantitative estimate of drug-likeness (QED) is 0.591. The van der Waals surface area contributed by atoms with Crippen LogP contribution in [-0.4, -0.2) is 9.78 Å². The maximum atomic E-state index is 10.9. The summed E-state index contributed by atoms with van der Waals surface area (Å²) in [4.78, 5) is 10.9. The third kappa shape index (κ3) is 1.11. The highest BCUT2D eigenvalue weighted by atomic mass is 16.1. The Morgan fingerprint density at radius 1 is 1.80 bits per heavy atom. The van der Waals surface area contributed by atoms with Gasteiger partial charge in [-0.3, -0.25) is 14.6 Å². The van der Waals surface area contributed by atoms with E-state index in [9.17, 15) is 4.79 Å². The molecule has 0 atom stereocenters. The molecule has 1 aromatic heterocycles. The monoisotopic (exact) mass is 141 g/mol. The van der Waals surface area contributed by atoms with Crippen molar-refractivity contribution in [1.29, 1.82) is 0 Å². The zero-order chi connectivity index (χ0) is 7.56. The van der Waals surface area contributed by atoms with E-state index in [0.29, 0.717) is 13.1 Å². The second kappa shape index (κ2) is 2.70. The molecule has 0 radical (unpaired) electrons. The van der Waals surface area contributed by atoms with Crippen molar-refractivity contribution >= 4 is 0 Å². The van der Waals surface area contributed by atoms with E-state index >= 15 is 0 Å². The van der Waals surface area contributed by atoms with E-state index in [2.05, 4.69) is 5.10 Å². The number of hydrogen-bond donors (Lipinski definition) is 2. The number of aryl methyl sites for hydroxylation is 1. The summed E-state index contributed by atoms with van der Waals surface area (Å²) in [5.41, 5.74) is 6.08. The van der Waals surface area contributed by atoms with E-state index in [1.807, 2.05) is 6.92 Å². The first kappa shape index (κ1) is 7.08. The van der Waals surface area contributed by atoms with Gasteiger partial charge in [-0.25, -0.2) is 0 Å². The van der Waals surface area contributed by atoms with Crippen LogP contribution < -0.4 is 11.3 Å². The Kier molecular flexibility index (Phi) is 1.91. The Bertz CT molecular complexity index is 260. The average molecular weight is 141 g/mol. The summed E-state index contributed by atoms with van der Waals surface area (Å²) in [6.45, 7) is 2.96. The highest BCUT2D eigenvalue weighted by Gasteiger charge is 1.96. The smallest absolute Gasteiger partial charge is 0.266 e. The van der Waals surface area contributed by atoms with Gasteiger partial charge in [0, 0.05) is 19.2 Å². The predicted molar refractivity (Wildman–Crippen MR) is 38.6 cm³/mol. The Balaban J connectivity index is 3.04. The lowest BCUT2D eigenvalue weighted by molar-refractivity contribution is 0.627. The van der Waals surface area contributed by atoms with Crippen LogP contribution in [0, 0.1) is 0 Å². The topological polar surface area (TPSA) is 63.8 Å². The molecule has 10 heavy (non-hydrogen) atoms. The van der Waals surface area contributed by atoms with Crippen molar-refractivity contribution in [3.8, 4) is 0 Å². The lowest BCUT2D eigenvalue weighted by atomic mass is 10.4. The minimum Gasteiger partial charge on any atom is -0.325 e. The van der Waals surface area contributed by atoms with Crippen molar-refractivity contribution in [1.82, 2.24) is 9.78 Å². The van der Waals surface area contributed by atoms with Crippen LogP contribution in [0.4, 0.5) is 0 Å². The summed E-state index contributed by atoms with van der Waals surface area (Å²) in [7, 11) is 0. The standard InChI is InChI=1S/C6H11N3O/c1-2-9-6(10)3-5(4-7)8-9/h3,8H,2,4,7H2,1H3. The van der Waals surface area contributed by atoms with Crippen LogP contribution in [0.15, 0.2) is 10.9 Å². The second-order valence-corrected chi connectivity index (χ2v) is 2.07. The SMILES string of the molecule is CCn1[nH]c(CN)cc1=O. The predicted octanol–water partition coefficient (Wildman–Crippen LogP) is -0.345. The van der Waals surface area contributed by atoms with Gasteiger partial charge in [-0.2, -0.15) is 0 Å². The van der Waals surface area contributed by atoms with Gasteiger partial charge >= 0.3 is 0 Å². The molecule has 1 heterocycles. The Morgan fingerprint density at radius 2 is 2.50 bits per heavy atom. The van der Waals surface area contributed by atoms with Gasteiger partial charge in [0.2, 0.25) is 0 Å². The van der Waals surface area contributed by atoms with Crippen LogP contribution in [0.25, 0.3) is 0 Å². The molecule has 56 valence electrons. The first-order chi connectivity index (χ1) is 4.77. The summed E-state index contributed by atoms with van der Waals surface area (Å²) in [6, 6.07) is 1.52. The molecule has 4 nitrogen and oxygen atoms in total. The van der Waals surface area contributed by atoms with Crippen molar-refractivity contribution in [2.45, 2.75) is 20.0 Å². The third-order valence-corrected chi connectivity index (χ3v) is 1.38. The van der Waals surface area contributed by atoms with E-state index in [0.717, 1.165) is 5.69 Å². The largest absolute Gasteiger partial charge is 0.325 e. The molecule has 0 aliphatic carbocycles. The number of H-pyrrole nitrogens is 1. The highest BCUT2D eigenvalue weighted by Crippen LogP contribution is 1.85. The number of aromatic amines is 1. The fourth-order valence-corrected chi connectivity index (χ4v) is 0.827. The van der Waals surface area contributed by atoms with Gasteiger partial charge < -0.3 is 5.73 Å². The van der Waals surface area contributed by atoms with Crippen LogP contribution in [0.3, 0.4) is 0 Å². The van der Waals surface area contributed by atoms with Crippen LogP contribution in [-0.2, 0) is 13.1 Å². The lowest BCUT2D eigenvalue weighted by Crippen LogP contribution is -2.13. The van der Waals surface area contributed by atoms with Gasteiger partial charge in [-0.1, -0.05) is 0 Å². The van der Waals surface area contributed by atoms with Crippen molar-refractivity contribution in [3.05, 3.63) is 22.1 Å². The number of nitrogens with zero attached hydrogens (tertiary/aromatic N) is 1. The molecule has 3 N–H and O–H groups in total. The molecule has 0 amide bonds. The van der Waals surface area contributed by atoms with E-state index in [-0.39, 0.29) is 5.56 Å². The molecule has 0 bridgehead atoms. The van der Waals surface area contributed by atoms with Gasteiger partial charge in [0.15, 0.2) is 0 Å². The first-order valence-electron chi connectivity index (χ1n) is 3.26. The molecule has 0 saturated heterocycles. The number of rotatable bonds is 2. The fourth-order valence-electron chi connectivity index (χ4n) is 0.827. The summed E-state index contributed by atoms with van der Waals surface area (Å²) in [5, 5.41) is 2.86. The lowest BCUT2D eigenvalue weighted by Gasteiger charge is -1.92. The van der Waals surface area contributed by atoms with Gasteiger partial charge in [0.05, 0.1) is 5.69 Å². The summed E-state index contributed by atoms with van der Waals surface area (Å²) in [6.07, 6.45) is 0. The fraction of sp³-hybridized carbons (Fsp3) is 0.500. The van der Waals surface area contributed by atoms with Crippen molar-refractivity contribution in [2.24, 2.45) is 5.73 Å². The van der Waals surface area contributed by atoms with E-state index in [4.69, 9.17) is 5.73 Å². The number of nitrogens with two attached hydrogens (primary N) is 1. The first-order valence-corrected chi connectivity index (χ1v) is 3.26. The Hall–Kier alpha value is -1.03. The molecule has 0 aliphatic rings. The molecule has 0 saturated carbocycles. The molecule has 0 spiro atoms. The zero-order valence-corrected chi connectivity index (χ0v) is 5.92. The summed E-state index contributed by atoms with van der Waals surface area (Å²) < 4.78 is 1.52.